The number of likely N-dealkylation sites (N-methyl/N-ethyl adjacent to an activating group) is 2. The van der Waals surface area contributed by atoms with Crippen LogP contribution in [0.2, 0.25) is 0 Å². The van der Waals surface area contributed by atoms with Crippen molar-refractivity contribution in [3.05, 3.63) is 80.8 Å². The molecule has 3 aliphatic heterocycles. The van der Waals surface area contributed by atoms with Crippen LogP contribution in [-0.2, 0) is 15.0 Å². The van der Waals surface area contributed by atoms with Gasteiger partial charge in [-0.3, -0.25) is 0 Å². The first kappa shape index (κ1) is 22.1. The Hall–Kier alpha value is -3.41. The van der Waals surface area contributed by atoms with Gasteiger partial charge < -0.3 is 0 Å². The van der Waals surface area contributed by atoms with E-state index in [2.05, 4.69) is 74.2 Å². The molecule has 6 nitrogen and oxygen atoms in total. The van der Waals surface area contributed by atoms with Gasteiger partial charge in [-0.15, -0.1) is 0 Å². The van der Waals surface area contributed by atoms with Crippen LogP contribution in [0.15, 0.2) is 54.1 Å². The Labute approximate surface area is 210 Å². The number of rotatable bonds is 1. The molecule has 0 spiro atoms. The van der Waals surface area contributed by atoms with Gasteiger partial charge in [-0.2, -0.15) is 0 Å². The summed E-state index contributed by atoms with van der Waals surface area (Å²) >= 11 is -0.116. The second kappa shape index (κ2) is 7.30. The number of anilines is 3. The number of benzene rings is 2. The molecule has 35 heavy (non-hydrogen) atoms. The van der Waals surface area contributed by atoms with Gasteiger partial charge >= 0.3 is 210 Å². The van der Waals surface area contributed by atoms with E-state index in [-0.39, 0.29) is 31.4 Å². The van der Waals surface area contributed by atoms with E-state index in [0.717, 1.165) is 14.2 Å². The van der Waals surface area contributed by atoms with E-state index in [9.17, 15) is 14.4 Å². The maximum atomic E-state index is 12.8. The monoisotopic (exact) mass is 531 g/mol. The van der Waals surface area contributed by atoms with Crippen molar-refractivity contribution in [3.63, 3.8) is 0 Å². The van der Waals surface area contributed by atoms with Gasteiger partial charge in [0, 0.05) is 0 Å². The molecule has 1 unspecified atom stereocenters. The first-order valence-corrected chi connectivity index (χ1v) is 13.3. The third-order valence-corrected chi connectivity index (χ3v) is 9.88. The minimum absolute atomic E-state index is 0.0357. The molecule has 7 heteroatoms. The fourth-order valence-electron chi connectivity index (χ4n) is 5.59. The van der Waals surface area contributed by atoms with E-state index in [1.807, 2.05) is 0 Å². The molecule has 4 heterocycles. The van der Waals surface area contributed by atoms with Gasteiger partial charge in [0.05, 0.1) is 0 Å². The molecular weight excluding hydrogens is 505 g/mol. The average molecular weight is 530 g/mol. The predicted octanol–water partition coefficient (Wildman–Crippen LogP) is 4.75. The number of carbonyl (C=O) groups is 3. The molecule has 1 atom stereocenters. The van der Waals surface area contributed by atoms with E-state index >= 15 is 0 Å². The number of para-hydroxylation sites is 2. The number of urea groups is 1. The average Bonchev–Trinajstić information content (AvgIpc) is 3.28. The predicted molar refractivity (Wildman–Crippen MR) is 137 cm³/mol. The van der Waals surface area contributed by atoms with Crippen LogP contribution >= 0.6 is 0 Å². The molecule has 0 saturated carbocycles. The normalized spacial score (nSPS) is 20.0. The van der Waals surface area contributed by atoms with Crippen LogP contribution in [0.1, 0.15) is 53.4 Å². The second-order valence-corrected chi connectivity index (χ2v) is 12.1. The van der Waals surface area contributed by atoms with Crippen LogP contribution in [0.3, 0.4) is 0 Å². The van der Waals surface area contributed by atoms with Crippen LogP contribution < -0.4 is 4.90 Å². The number of nitrogens with zero attached hydrogens (tertiary/aromatic N) is 3. The van der Waals surface area contributed by atoms with Gasteiger partial charge in [0.15, 0.2) is 0 Å². The van der Waals surface area contributed by atoms with E-state index in [4.69, 9.17) is 0 Å². The zero-order chi connectivity index (χ0) is 24.8. The number of imide groups is 2. The van der Waals surface area contributed by atoms with Crippen molar-refractivity contribution in [1.29, 1.82) is 0 Å². The standard InChI is InChI=1S/C28H25N3O3Se/c1-15-17-9-8-11-21-23(17)31(22-12-7-6-10-20(22)28(21,2)3)26-18(15)13-16(35-26)14-19-24(32)29(4)27(34)30(5)25(19)33/h6-15H,1-5H3. The molecule has 0 aliphatic carbocycles. The number of carbonyl (C=O) groups excluding carboxylic acids is 3. The van der Waals surface area contributed by atoms with Gasteiger partial charge in [0.25, 0.3) is 0 Å². The van der Waals surface area contributed by atoms with Crippen LogP contribution in [0, 0.1) is 0 Å². The van der Waals surface area contributed by atoms with E-state index in [1.54, 1.807) is 6.08 Å². The third-order valence-electron chi connectivity index (χ3n) is 7.61. The van der Waals surface area contributed by atoms with Crippen molar-refractivity contribution in [2.75, 3.05) is 19.0 Å². The van der Waals surface area contributed by atoms with E-state index in [1.165, 1.54) is 52.3 Å². The van der Waals surface area contributed by atoms with Crippen molar-refractivity contribution in [3.8, 4) is 0 Å². The summed E-state index contributed by atoms with van der Waals surface area (Å²) in [6, 6.07) is 16.7. The molecule has 2 aromatic carbocycles. The summed E-state index contributed by atoms with van der Waals surface area (Å²) in [6.07, 6.45) is 1.69. The molecule has 3 aromatic rings. The number of barbiturate groups is 1. The Bertz CT molecular complexity index is 1470. The third kappa shape index (κ3) is 2.85. The number of hydrogen-bond donors (Lipinski definition) is 0. The first-order valence-electron chi connectivity index (χ1n) is 11.6. The fourth-order valence-corrected chi connectivity index (χ4v) is 8.15. The molecule has 1 fully saturated rings. The molecule has 1 saturated heterocycles. The quantitative estimate of drug-likeness (QED) is 0.259. The topological polar surface area (TPSA) is 60.9 Å². The van der Waals surface area contributed by atoms with Crippen molar-refractivity contribution >= 4 is 54.4 Å². The minimum atomic E-state index is -0.607. The summed E-state index contributed by atoms with van der Waals surface area (Å²) in [5, 5.41) is 0. The van der Waals surface area contributed by atoms with Crippen molar-refractivity contribution in [1.82, 2.24) is 9.80 Å². The van der Waals surface area contributed by atoms with Crippen LogP contribution in [-0.4, -0.2) is 56.2 Å². The molecule has 4 amide bonds. The summed E-state index contributed by atoms with van der Waals surface area (Å²) in [5.74, 6) is -0.911. The molecule has 1 aromatic heterocycles. The Morgan fingerprint density at radius 1 is 0.886 bits per heavy atom. The Morgan fingerprint density at radius 3 is 2.26 bits per heavy atom. The zero-order valence-electron chi connectivity index (χ0n) is 20.2. The van der Waals surface area contributed by atoms with Crippen LogP contribution in [0.25, 0.3) is 6.08 Å². The van der Waals surface area contributed by atoms with Gasteiger partial charge in [-0.25, -0.2) is 0 Å². The SMILES string of the molecule is CC1c2cc(C=C3C(=O)N(C)C(=O)N(C)C3=O)[se]c2N2c3ccccc3C(C)(C)c3cccc1c32. The van der Waals surface area contributed by atoms with Gasteiger partial charge in [0.2, 0.25) is 0 Å². The molecule has 176 valence electrons. The molecule has 0 bridgehead atoms. The van der Waals surface area contributed by atoms with E-state index in [0.29, 0.717) is 0 Å². The molecule has 0 N–H and O–H groups in total. The van der Waals surface area contributed by atoms with Crippen LogP contribution in [0.5, 0.6) is 0 Å². The van der Waals surface area contributed by atoms with Crippen LogP contribution in [0.4, 0.5) is 20.7 Å². The summed E-state index contributed by atoms with van der Waals surface area (Å²) in [6.45, 7) is 6.81. The Kier molecular flexibility index (Phi) is 4.60. The second-order valence-electron chi connectivity index (χ2n) is 9.92. The molecule has 0 radical (unpaired) electrons. The summed E-state index contributed by atoms with van der Waals surface area (Å²) in [4.78, 5) is 42.1. The van der Waals surface area contributed by atoms with Crippen molar-refractivity contribution in [2.24, 2.45) is 0 Å². The van der Waals surface area contributed by atoms with Crippen molar-refractivity contribution < 1.29 is 14.4 Å². The molecule has 6 rings (SSSR count). The summed E-state index contributed by atoms with van der Waals surface area (Å²) in [7, 11) is 2.82. The summed E-state index contributed by atoms with van der Waals surface area (Å²) < 4.78 is 2.20. The zero-order valence-corrected chi connectivity index (χ0v) is 22.0. The first-order chi connectivity index (χ1) is 16.6. The number of fused-ring (bicyclic) bond motifs is 4. The summed E-state index contributed by atoms with van der Waals surface area (Å²) in [5.41, 5.74) is 7.49. The van der Waals surface area contributed by atoms with Gasteiger partial charge in [-0.1, -0.05) is 0 Å². The maximum absolute atomic E-state index is 12.8. The van der Waals surface area contributed by atoms with Gasteiger partial charge in [-0.05, 0) is 0 Å². The van der Waals surface area contributed by atoms with Crippen molar-refractivity contribution in [2.45, 2.75) is 32.1 Å². The number of hydrogen-bond acceptors (Lipinski definition) is 4. The Morgan fingerprint density at radius 2 is 1.54 bits per heavy atom. The number of amides is 4. The fraction of sp³-hybridized carbons (Fsp3) is 0.250. The molecular formula is C28H25N3O3Se. The van der Waals surface area contributed by atoms with E-state index < -0.39 is 17.8 Å². The molecule has 3 aliphatic rings. The van der Waals surface area contributed by atoms with Gasteiger partial charge in [0.1, 0.15) is 0 Å². The Balaban J connectivity index is 1.55.